The van der Waals surface area contributed by atoms with Crippen LogP contribution < -0.4 is 5.32 Å². The molecule has 0 aromatic carbocycles. The van der Waals surface area contributed by atoms with Crippen LogP contribution in [0.25, 0.3) is 0 Å². The number of fused-ring (bicyclic) bond motifs is 5. The van der Waals surface area contributed by atoms with Crippen molar-refractivity contribution in [2.24, 2.45) is 39.7 Å². The van der Waals surface area contributed by atoms with Crippen LogP contribution in [0.5, 0.6) is 0 Å². The lowest BCUT2D eigenvalue weighted by molar-refractivity contribution is -0.119. The quantitative estimate of drug-likeness (QED) is 0.562. The maximum atomic E-state index is 10.7. The zero-order valence-electron chi connectivity index (χ0n) is 17.6. The van der Waals surface area contributed by atoms with Crippen molar-refractivity contribution in [1.82, 2.24) is 5.32 Å². The fraction of sp³-hybridized carbons (Fsp3) is 0.875. The second-order valence-electron chi connectivity index (χ2n) is 10.7. The number of allylic oxidation sites excluding steroid dienone is 1. The minimum Gasteiger partial charge on any atom is -0.396 e. The minimum absolute atomic E-state index is 0.127. The molecular weight excluding hydrogens is 348 g/mol. The first kappa shape index (κ1) is 19.1. The molecule has 2 N–H and O–H groups in total. The summed E-state index contributed by atoms with van der Waals surface area (Å²) in [5, 5.41) is 18.6. The van der Waals surface area contributed by atoms with Gasteiger partial charge in [-0.15, -0.1) is 0 Å². The van der Waals surface area contributed by atoms with E-state index in [1.54, 1.807) is 0 Å². The molecule has 5 rings (SSSR count). The summed E-state index contributed by atoms with van der Waals surface area (Å²) in [5.41, 5.74) is 3.25. The van der Waals surface area contributed by atoms with Gasteiger partial charge >= 0.3 is 0 Å². The summed E-state index contributed by atoms with van der Waals surface area (Å²) in [7, 11) is 0. The average Bonchev–Trinajstić information content (AvgIpc) is 3.34. The van der Waals surface area contributed by atoms with E-state index in [1.165, 1.54) is 49.8 Å². The van der Waals surface area contributed by atoms with Gasteiger partial charge in [0.05, 0.1) is 5.71 Å². The van der Waals surface area contributed by atoms with Crippen LogP contribution in [-0.4, -0.2) is 36.6 Å². The Morgan fingerprint density at radius 2 is 2.04 bits per heavy atom. The van der Waals surface area contributed by atoms with Gasteiger partial charge in [0, 0.05) is 25.0 Å². The van der Waals surface area contributed by atoms with E-state index in [9.17, 15) is 5.11 Å². The van der Waals surface area contributed by atoms with Crippen LogP contribution in [0.4, 0.5) is 0 Å². The summed E-state index contributed by atoms with van der Waals surface area (Å²) >= 11 is 0. The molecule has 1 heterocycles. The molecule has 1 aliphatic heterocycles. The van der Waals surface area contributed by atoms with Crippen molar-refractivity contribution in [3.8, 4) is 0 Å². The summed E-state index contributed by atoms with van der Waals surface area (Å²) < 4.78 is 0. The number of hydrogen-bond donors (Lipinski definition) is 2. The monoisotopic (exact) mass is 386 g/mol. The molecule has 0 spiro atoms. The molecule has 4 saturated carbocycles. The van der Waals surface area contributed by atoms with Crippen molar-refractivity contribution in [2.45, 2.75) is 77.2 Å². The lowest BCUT2D eigenvalue weighted by Crippen LogP contribution is -2.55. The standard InChI is InChI=1S/C24H38N2O2/c1-16-3-6-21-20-5-4-17-13-18(26-28-19-9-12-25-14-19)7-11-24(17,15-27)22(20)8-10-23(16,21)2/h17,19-22,25,27H,1,3-15H2,2H3/t17?,19?,20?,21?,22?,23-,24-/m1/s1. The first-order chi connectivity index (χ1) is 13.6. The number of oxime groups is 1. The molecule has 1 saturated heterocycles. The summed E-state index contributed by atoms with van der Waals surface area (Å²) in [4.78, 5) is 5.83. The summed E-state index contributed by atoms with van der Waals surface area (Å²) in [6.07, 6.45) is 12.2. The first-order valence-corrected chi connectivity index (χ1v) is 11.8. The lowest BCUT2D eigenvalue weighted by Gasteiger charge is -2.60. The number of nitrogens with zero attached hydrogens (tertiary/aromatic N) is 1. The molecule has 5 fully saturated rings. The molecule has 0 aromatic heterocycles. The summed E-state index contributed by atoms with van der Waals surface area (Å²) in [6.45, 7) is 9.27. The van der Waals surface area contributed by atoms with Crippen molar-refractivity contribution in [3.63, 3.8) is 0 Å². The molecule has 28 heavy (non-hydrogen) atoms. The highest BCUT2D eigenvalue weighted by molar-refractivity contribution is 5.85. The van der Waals surface area contributed by atoms with Crippen molar-refractivity contribution in [3.05, 3.63) is 12.2 Å². The van der Waals surface area contributed by atoms with Crippen molar-refractivity contribution in [2.75, 3.05) is 19.7 Å². The van der Waals surface area contributed by atoms with Gasteiger partial charge in [-0.05, 0) is 93.4 Å². The molecule has 0 aromatic rings. The molecule has 4 aliphatic carbocycles. The van der Waals surface area contributed by atoms with Crippen LogP contribution in [0.1, 0.15) is 71.1 Å². The van der Waals surface area contributed by atoms with Crippen LogP contribution in [-0.2, 0) is 4.84 Å². The molecule has 0 bridgehead atoms. The van der Waals surface area contributed by atoms with Crippen LogP contribution in [0, 0.1) is 34.5 Å². The van der Waals surface area contributed by atoms with Crippen molar-refractivity contribution < 1.29 is 9.94 Å². The van der Waals surface area contributed by atoms with Gasteiger partial charge in [-0.1, -0.05) is 24.2 Å². The van der Waals surface area contributed by atoms with Gasteiger partial charge < -0.3 is 15.3 Å². The number of aliphatic hydroxyl groups is 1. The van der Waals surface area contributed by atoms with Crippen LogP contribution in [0.15, 0.2) is 17.3 Å². The highest BCUT2D eigenvalue weighted by Gasteiger charge is 2.60. The summed E-state index contributed by atoms with van der Waals surface area (Å²) in [5.74, 6) is 2.88. The molecule has 4 heteroatoms. The van der Waals surface area contributed by atoms with Gasteiger partial charge in [-0.25, -0.2) is 0 Å². The van der Waals surface area contributed by atoms with E-state index in [1.807, 2.05) is 0 Å². The average molecular weight is 387 g/mol. The summed E-state index contributed by atoms with van der Waals surface area (Å²) in [6, 6.07) is 0. The lowest BCUT2D eigenvalue weighted by atomic mass is 9.44. The highest BCUT2D eigenvalue weighted by Crippen LogP contribution is 2.66. The zero-order valence-corrected chi connectivity index (χ0v) is 17.6. The van der Waals surface area contributed by atoms with Gasteiger partial charge in [0.25, 0.3) is 0 Å². The SMILES string of the molecule is C=C1CCC2C3CCC4CC(=NOC5CCNC5)CC[C@]4(CO)C3CC[C@]12C. The number of hydrogen-bond acceptors (Lipinski definition) is 4. The van der Waals surface area contributed by atoms with Gasteiger partial charge in [-0.3, -0.25) is 0 Å². The second kappa shape index (κ2) is 7.12. The smallest absolute Gasteiger partial charge is 0.141 e. The molecule has 0 radical (unpaired) electrons. The van der Waals surface area contributed by atoms with Crippen LogP contribution in [0.2, 0.25) is 0 Å². The first-order valence-electron chi connectivity index (χ1n) is 11.8. The van der Waals surface area contributed by atoms with E-state index in [2.05, 4.69) is 24.0 Å². The molecule has 7 atom stereocenters. The number of aliphatic hydroxyl groups excluding tert-OH is 1. The van der Waals surface area contributed by atoms with Crippen molar-refractivity contribution >= 4 is 5.71 Å². The second-order valence-corrected chi connectivity index (χ2v) is 10.7. The third kappa shape index (κ3) is 2.81. The fourth-order valence-corrected chi connectivity index (χ4v) is 8.03. The van der Waals surface area contributed by atoms with E-state index in [-0.39, 0.29) is 11.5 Å². The molecular formula is C24H38N2O2. The Kier molecular flexibility index (Phi) is 4.86. The Labute approximate surface area is 170 Å². The van der Waals surface area contributed by atoms with Crippen LogP contribution in [0.3, 0.4) is 0 Å². The fourth-order valence-electron chi connectivity index (χ4n) is 8.03. The molecule has 4 nitrogen and oxygen atoms in total. The minimum atomic E-state index is 0.127. The number of rotatable bonds is 3. The zero-order chi connectivity index (χ0) is 19.4. The van der Waals surface area contributed by atoms with E-state index in [0.29, 0.717) is 23.9 Å². The third-order valence-corrected chi connectivity index (χ3v) is 9.79. The normalized spacial score (nSPS) is 49.6. The molecule has 5 aliphatic rings. The number of nitrogens with one attached hydrogen (secondary N) is 1. The Hall–Kier alpha value is -0.870. The topological polar surface area (TPSA) is 53.8 Å². The van der Waals surface area contributed by atoms with Gasteiger partial charge in [0.2, 0.25) is 0 Å². The van der Waals surface area contributed by atoms with Gasteiger partial charge in [0.15, 0.2) is 0 Å². The van der Waals surface area contributed by atoms with E-state index < -0.39 is 0 Å². The van der Waals surface area contributed by atoms with E-state index in [4.69, 9.17) is 4.84 Å². The predicted octanol–water partition coefficient (Wildman–Crippen LogP) is 4.29. The highest BCUT2D eigenvalue weighted by atomic mass is 16.6. The Balaban J connectivity index is 1.33. The van der Waals surface area contributed by atoms with Gasteiger partial charge in [-0.2, -0.15) is 0 Å². The predicted molar refractivity (Wildman–Crippen MR) is 112 cm³/mol. The maximum absolute atomic E-state index is 10.7. The van der Waals surface area contributed by atoms with E-state index in [0.717, 1.165) is 50.6 Å². The Morgan fingerprint density at radius 3 is 2.82 bits per heavy atom. The molecule has 5 unspecified atom stereocenters. The Morgan fingerprint density at radius 1 is 1.14 bits per heavy atom. The van der Waals surface area contributed by atoms with Gasteiger partial charge in [0.1, 0.15) is 6.10 Å². The third-order valence-electron chi connectivity index (χ3n) is 9.79. The largest absolute Gasteiger partial charge is 0.396 e. The van der Waals surface area contributed by atoms with Crippen molar-refractivity contribution in [1.29, 1.82) is 0 Å². The molecule has 156 valence electrons. The van der Waals surface area contributed by atoms with Crippen LogP contribution >= 0.6 is 0 Å². The Bertz CT molecular complexity index is 655. The maximum Gasteiger partial charge on any atom is 0.141 e. The van der Waals surface area contributed by atoms with E-state index >= 15 is 0 Å². The molecule has 0 amide bonds.